The summed E-state index contributed by atoms with van der Waals surface area (Å²) in [7, 11) is 0. The Morgan fingerprint density at radius 2 is 0.438 bits per heavy atom. The molecule has 0 spiro atoms. The summed E-state index contributed by atoms with van der Waals surface area (Å²) in [6.45, 7) is 15.7. The summed E-state index contributed by atoms with van der Waals surface area (Å²) in [6, 6.07) is 0. The topological polar surface area (TPSA) is 60.7 Å². The number of rotatable bonds is 0. The van der Waals surface area contributed by atoms with E-state index >= 15 is 0 Å². The largest absolute Gasteiger partial charge is 0.391 e. The molecule has 0 saturated heterocycles. The molecule has 0 saturated carbocycles. The Balaban J connectivity index is -0.0000000655. The summed E-state index contributed by atoms with van der Waals surface area (Å²) < 4.78 is 0. The SMILES string of the molecule is CC(C)(C)O.CC(C)(C)O.CC(C)(C)O.[Zr]. The second kappa shape index (κ2) is 9.76. The first-order valence-corrected chi connectivity index (χ1v) is 5.17. The molecular weight excluding hydrogens is 283 g/mol. The van der Waals surface area contributed by atoms with E-state index in [0.717, 1.165) is 0 Å². The van der Waals surface area contributed by atoms with E-state index in [1.807, 2.05) is 0 Å². The second-order valence-corrected chi connectivity index (χ2v) is 6.51. The standard InChI is InChI=1S/3C4H10O.Zr/c3*1-4(2,3)5;/h3*5H,1-3H3;. The van der Waals surface area contributed by atoms with Gasteiger partial charge < -0.3 is 15.3 Å². The maximum Gasteiger partial charge on any atom is 0.0563 e. The Hall–Kier alpha value is 0.763. The van der Waals surface area contributed by atoms with Gasteiger partial charge >= 0.3 is 0 Å². The Morgan fingerprint density at radius 3 is 0.438 bits per heavy atom. The molecule has 0 rings (SSSR count). The van der Waals surface area contributed by atoms with Gasteiger partial charge in [0.2, 0.25) is 0 Å². The molecule has 0 aliphatic heterocycles. The van der Waals surface area contributed by atoms with Crippen molar-refractivity contribution < 1.29 is 41.5 Å². The minimum atomic E-state index is -0.500. The number of aliphatic hydroxyl groups is 3. The molecule has 3 N–H and O–H groups in total. The predicted molar refractivity (Wildman–Crippen MR) is 65.9 cm³/mol. The summed E-state index contributed by atoms with van der Waals surface area (Å²) in [5.41, 5.74) is -1.50. The maximum absolute atomic E-state index is 8.52. The van der Waals surface area contributed by atoms with Crippen LogP contribution in [-0.4, -0.2) is 32.1 Å². The third-order valence-electron chi connectivity index (χ3n) is 0. The van der Waals surface area contributed by atoms with E-state index in [9.17, 15) is 0 Å². The number of hydrogen-bond acceptors (Lipinski definition) is 3. The zero-order valence-corrected chi connectivity index (χ0v) is 14.8. The summed E-state index contributed by atoms with van der Waals surface area (Å²) in [4.78, 5) is 0. The zero-order valence-electron chi connectivity index (χ0n) is 12.3. The van der Waals surface area contributed by atoms with E-state index < -0.39 is 16.8 Å². The van der Waals surface area contributed by atoms with Crippen molar-refractivity contribution >= 4 is 0 Å². The Kier molecular flexibility index (Phi) is 15.6. The monoisotopic (exact) mass is 312 g/mol. The van der Waals surface area contributed by atoms with Gasteiger partial charge in [-0.05, 0) is 62.3 Å². The molecule has 0 aromatic carbocycles. The van der Waals surface area contributed by atoms with Gasteiger partial charge in [0.1, 0.15) is 0 Å². The van der Waals surface area contributed by atoms with Gasteiger partial charge in [0.15, 0.2) is 0 Å². The van der Waals surface area contributed by atoms with Gasteiger partial charge in [-0.15, -0.1) is 0 Å². The number of hydrogen-bond donors (Lipinski definition) is 3. The fourth-order valence-corrected chi connectivity index (χ4v) is 0. The summed E-state index contributed by atoms with van der Waals surface area (Å²) >= 11 is 0. The minimum absolute atomic E-state index is 0. The van der Waals surface area contributed by atoms with Crippen LogP contribution >= 0.6 is 0 Å². The van der Waals surface area contributed by atoms with Crippen LogP contribution in [0.2, 0.25) is 0 Å². The van der Waals surface area contributed by atoms with Crippen molar-refractivity contribution in [3.63, 3.8) is 0 Å². The molecule has 0 atom stereocenters. The predicted octanol–water partition coefficient (Wildman–Crippen LogP) is 2.33. The summed E-state index contributed by atoms with van der Waals surface area (Å²) in [5, 5.41) is 25.6. The average Bonchev–Trinajstić information content (AvgIpc) is 1.41. The van der Waals surface area contributed by atoms with Gasteiger partial charge in [0.05, 0.1) is 16.8 Å². The van der Waals surface area contributed by atoms with Crippen molar-refractivity contribution in [2.75, 3.05) is 0 Å². The Labute approximate surface area is 120 Å². The Bertz CT molecular complexity index is 91.3. The molecular formula is C12H30O3Zr. The second-order valence-electron chi connectivity index (χ2n) is 6.51. The van der Waals surface area contributed by atoms with E-state index in [4.69, 9.17) is 15.3 Å². The molecule has 16 heavy (non-hydrogen) atoms. The minimum Gasteiger partial charge on any atom is -0.391 e. The molecule has 0 aromatic rings. The summed E-state index contributed by atoms with van der Waals surface area (Å²) in [5.74, 6) is 0. The first-order valence-electron chi connectivity index (χ1n) is 5.17. The van der Waals surface area contributed by atoms with Gasteiger partial charge in [-0.3, -0.25) is 0 Å². The first kappa shape index (κ1) is 25.6. The molecule has 3 nitrogen and oxygen atoms in total. The van der Waals surface area contributed by atoms with Crippen LogP contribution in [-0.2, 0) is 26.2 Å². The fourth-order valence-electron chi connectivity index (χ4n) is 0. The molecule has 0 aliphatic carbocycles. The molecule has 0 fully saturated rings. The average molecular weight is 314 g/mol. The molecule has 0 aromatic heterocycles. The smallest absolute Gasteiger partial charge is 0.0563 e. The van der Waals surface area contributed by atoms with E-state index in [2.05, 4.69) is 0 Å². The van der Waals surface area contributed by atoms with Crippen LogP contribution in [0.25, 0.3) is 0 Å². The van der Waals surface area contributed by atoms with Gasteiger partial charge in [-0.25, -0.2) is 0 Å². The van der Waals surface area contributed by atoms with E-state index in [1.165, 1.54) is 0 Å². The fraction of sp³-hybridized carbons (Fsp3) is 1.00. The van der Waals surface area contributed by atoms with Crippen molar-refractivity contribution in [3.8, 4) is 0 Å². The van der Waals surface area contributed by atoms with Crippen LogP contribution in [0, 0.1) is 0 Å². The van der Waals surface area contributed by atoms with Crippen molar-refractivity contribution in [2.24, 2.45) is 0 Å². The van der Waals surface area contributed by atoms with E-state index in [0.29, 0.717) is 0 Å². The van der Waals surface area contributed by atoms with Crippen molar-refractivity contribution in [1.82, 2.24) is 0 Å². The van der Waals surface area contributed by atoms with Crippen molar-refractivity contribution in [2.45, 2.75) is 79.1 Å². The van der Waals surface area contributed by atoms with Crippen molar-refractivity contribution in [1.29, 1.82) is 0 Å². The molecule has 100 valence electrons. The molecule has 4 heteroatoms. The van der Waals surface area contributed by atoms with Crippen LogP contribution in [0.5, 0.6) is 0 Å². The van der Waals surface area contributed by atoms with Gasteiger partial charge in [0, 0.05) is 26.2 Å². The first-order chi connectivity index (χ1) is 6.00. The van der Waals surface area contributed by atoms with Crippen LogP contribution < -0.4 is 0 Å². The van der Waals surface area contributed by atoms with E-state index in [-0.39, 0.29) is 26.2 Å². The molecule has 0 unspecified atom stereocenters. The third-order valence-corrected chi connectivity index (χ3v) is 0. The van der Waals surface area contributed by atoms with Crippen molar-refractivity contribution in [3.05, 3.63) is 0 Å². The van der Waals surface area contributed by atoms with Crippen LogP contribution in [0.15, 0.2) is 0 Å². The quantitative estimate of drug-likeness (QED) is 0.643. The molecule has 0 bridgehead atoms. The van der Waals surface area contributed by atoms with Crippen LogP contribution in [0.4, 0.5) is 0 Å². The van der Waals surface area contributed by atoms with E-state index in [1.54, 1.807) is 62.3 Å². The Morgan fingerprint density at radius 1 is 0.438 bits per heavy atom. The van der Waals surface area contributed by atoms with Crippen LogP contribution in [0.1, 0.15) is 62.3 Å². The summed E-state index contributed by atoms with van der Waals surface area (Å²) in [6.07, 6.45) is 0. The third kappa shape index (κ3) is 4800. The molecule has 0 amide bonds. The zero-order chi connectivity index (χ0) is 13.5. The van der Waals surface area contributed by atoms with Gasteiger partial charge in [-0.1, -0.05) is 0 Å². The molecule has 0 aliphatic rings. The molecule has 0 radical (unpaired) electrons. The maximum atomic E-state index is 8.52. The van der Waals surface area contributed by atoms with Gasteiger partial charge in [0.25, 0.3) is 0 Å². The van der Waals surface area contributed by atoms with Crippen LogP contribution in [0.3, 0.4) is 0 Å². The molecule has 0 heterocycles. The normalized spacial score (nSPS) is 11.2. The van der Waals surface area contributed by atoms with Gasteiger partial charge in [-0.2, -0.15) is 0 Å².